The molecule has 3 aromatic rings. The van der Waals surface area contributed by atoms with Crippen LogP contribution in [-0.4, -0.2) is 34.8 Å². The normalized spacial score (nSPS) is 15.8. The van der Waals surface area contributed by atoms with Crippen LogP contribution in [0.25, 0.3) is 15.9 Å². The lowest BCUT2D eigenvalue weighted by Crippen LogP contribution is -2.28. The minimum absolute atomic E-state index is 0.175. The van der Waals surface area contributed by atoms with Gasteiger partial charge in [-0.3, -0.25) is 4.79 Å². The zero-order chi connectivity index (χ0) is 18.5. The molecule has 0 aliphatic carbocycles. The highest BCUT2D eigenvalue weighted by Gasteiger charge is 2.29. The number of hydrogen-bond donors (Lipinski definition) is 0. The van der Waals surface area contributed by atoms with E-state index in [0.717, 1.165) is 18.5 Å². The van der Waals surface area contributed by atoms with Crippen molar-refractivity contribution in [3.63, 3.8) is 0 Å². The highest BCUT2D eigenvalue weighted by molar-refractivity contribution is 7.89. The van der Waals surface area contributed by atoms with Crippen LogP contribution in [0.2, 0.25) is 0 Å². The summed E-state index contributed by atoms with van der Waals surface area (Å²) >= 11 is 1.23. The van der Waals surface area contributed by atoms with Crippen molar-refractivity contribution in [3.05, 3.63) is 51.9 Å². The molecule has 4 rings (SSSR count). The molecule has 0 atom stereocenters. The average Bonchev–Trinajstić information content (AvgIpc) is 3.24. The van der Waals surface area contributed by atoms with Crippen molar-refractivity contribution in [2.24, 2.45) is 0 Å². The lowest BCUT2D eigenvalue weighted by molar-refractivity contribution is 0.477. The zero-order valence-electron chi connectivity index (χ0n) is 14.6. The van der Waals surface area contributed by atoms with E-state index in [1.165, 1.54) is 19.8 Å². The number of pyridine rings is 1. The molecular weight excluding hydrogens is 370 g/mol. The van der Waals surface area contributed by atoms with Crippen LogP contribution in [0, 0.1) is 13.8 Å². The second-order valence-corrected chi connectivity index (χ2v) is 9.40. The van der Waals surface area contributed by atoms with Crippen molar-refractivity contribution in [1.29, 1.82) is 0 Å². The summed E-state index contributed by atoms with van der Waals surface area (Å²) in [6.07, 6.45) is 1.78. The van der Waals surface area contributed by atoms with Crippen LogP contribution in [0.3, 0.4) is 0 Å². The van der Waals surface area contributed by atoms with Crippen LogP contribution in [0.15, 0.2) is 40.0 Å². The van der Waals surface area contributed by atoms with E-state index in [1.54, 1.807) is 37.3 Å². The first kappa shape index (κ1) is 17.4. The SMILES string of the molecule is Cc1ccc2c(=O)n(-c3ccc(C)c(S(=O)(=O)N4CCCC4)c3)sc2n1. The predicted molar refractivity (Wildman–Crippen MR) is 103 cm³/mol. The molecule has 1 aliphatic rings. The summed E-state index contributed by atoms with van der Waals surface area (Å²) in [5.41, 5.74) is 1.90. The lowest BCUT2D eigenvalue weighted by atomic mass is 10.2. The molecule has 26 heavy (non-hydrogen) atoms. The molecule has 0 saturated carbocycles. The number of benzene rings is 1. The topological polar surface area (TPSA) is 72.3 Å². The molecule has 0 N–H and O–H groups in total. The van der Waals surface area contributed by atoms with Crippen LogP contribution in [-0.2, 0) is 10.0 Å². The highest BCUT2D eigenvalue weighted by Crippen LogP contribution is 2.27. The fourth-order valence-electron chi connectivity index (χ4n) is 3.23. The van der Waals surface area contributed by atoms with Gasteiger partial charge >= 0.3 is 0 Å². The maximum atomic E-state index is 13.0. The van der Waals surface area contributed by atoms with Crippen molar-refractivity contribution in [1.82, 2.24) is 13.2 Å². The summed E-state index contributed by atoms with van der Waals surface area (Å²) in [7, 11) is -3.54. The summed E-state index contributed by atoms with van der Waals surface area (Å²) in [6, 6.07) is 8.71. The van der Waals surface area contributed by atoms with Gasteiger partial charge in [-0.1, -0.05) is 6.07 Å². The van der Waals surface area contributed by atoms with Crippen LogP contribution in [0.5, 0.6) is 0 Å². The van der Waals surface area contributed by atoms with Gasteiger partial charge in [0, 0.05) is 18.8 Å². The lowest BCUT2D eigenvalue weighted by Gasteiger charge is -2.17. The third kappa shape index (κ3) is 2.78. The van der Waals surface area contributed by atoms with Gasteiger partial charge in [0.1, 0.15) is 4.83 Å². The Morgan fingerprint density at radius 2 is 1.81 bits per heavy atom. The predicted octanol–water partition coefficient (Wildman–Crippen LogP) is 2.85. The largest absolute Gasteiger partial charge is 0.274 e. The number of hydrogen-bond acceptors (Lipinski definition) is 5. The minimum Gasteiger partial charge on any atom is -0.267 e. The van der Waals surface area contributed by atoms with Gasteiger partial charge < -0.3 is 0 Å². The smallest absolute Gasteiger partial charge is 0.267 e. The number of nitrogens with zero attached hydrogens (tertiary/aromatic N) is 3. The molecule has 2 aromatic heterocycles. The molecule has 6 nitrogen and oxygen atoms in total. The molecular formula is C18H19N3O3S2. The molecule has 8 heteroatoms. The maximum Gasteiger partial charge on any atom is 0.274 e. The molecule has 0 bridgehead atoms. The summed E-state index contributed by atoms with van der Waals surface area (Å²) < 4.78 is 29.0. The van der Waals surface area contributed by atoms with Gasteiger partial charge in [-0.05, 0) is 68.1 Å². The Bertz CT molecular complexity index is 1160. The van der Waals surface area contributed by atoms with Gasteiger partial charge in [0.25, 0.3) is 5.56 Å². The first-order valence-corrected chi connectivity index (χ1v) is 10.7. The average molecular weight is 390 g/mol. The van der Waals surface area contributed by atoms with Crippen molar-refractivity contribution < 1.29 is 8.42 Å². The van der Waals surface area contributed by atoms with Crippen molar-refractivity contribution in [2.75, 3.05) is 13.1 Å². The second kappa shape index (κ2) is 6.29. The Morgan fingerprint density at radius 1 is 1.08 bits per heavy atom. The first-order valence-electron chi connectivity index (χ1n) is 8.49. The van der Waals surface area contributed by atoms with Gasteiger partial charge in [0.2, 0.25) is 10.0 Å². The van der Waals surface area contributed by atoms with Crippen molar-refractivity contribution in [2.45, 2.75) is 31.6 Å². The maximum absolute atomic E-state index is 13.0. The van der Waals surface area contributed by atoms with Crippen LogP contribution < -0.4 is 5.56 Å². The van der Waals surface area contributed by atoms with E-state index in [4.69, 9.17) is 0 Å². The van der Waals surface area contributed by atoms with E-state index in [2.05, 4.69) is 4.98 Å². The van der Waals surface area contributed by atoms with Crippen LogP contribution >= 0.6 is 11.5 Å². The fourth-order valence-corrected chi connectivity index (χ4v) is 6.01. The molecule has 0 amide bonds. The van der Waals surface area contributed by atoms with E-state index in [1.807, 2.05) is 6.92 Å². The monoisotopic (exact) mass is 389 g/mol. The molecule has 0 unspecified atom stereocenters. The van der Waals surface area contributed by atoms with E-state index in [9.17, 15) is 13.2 Å². The summed E-state index contributed by atoms with van der Waals surface area (Å²) in [5, 5.41) is 0.546. The molecule has 1 fully saturated rings. The molecule has 0 radical (unpaired) electrons. The third-order valence-corrected chi connectivity index (χ3v) is 7.77. The molecule has 1 aliphatic heterocycles. The van der Waals surface area contributed by atoms with Crippen molar-refractivity contribution >= 4 is 31.8 Å². The molecule has 3 heterocycles. The van der Waals surface area contributed by atoms with Gasteiger partial charge in [-0.15, -0.1) is 0 Å². The number of sulfonamides is 1. The third-order valence-electron chi connectivity index (χ3n) is 4.68. The van der Waals surface area contributed by atoms with Crippen LogP contribution in [0.1, 0.15) is 24.1 Å². The number of aryl methyl sites for hydroxylation is 2. The van der Waals surface area contributed by atoms with Crippen molar-refractivity contribution in [3.8, 4) is 5.69 Å². The quantitative estimate of drug-likeness (QED) is 0.690. The van der Waals surface area contributed by atoms with Crippen LogP contribution in [0.4, 0.5) is 0 Å². The van der Waals surface area contributed by atoms with Gasteiger partial charge in [-0.25, -0.2) is 17.4 Å². The van der Waals surface area contributed by atoms with E-state index < -0.39 is 10.0 Å². The Labute approximate surface area is 155 Å². The Morgan fingerprint density at radius 3 is 2.54 bits per heavy atom. The van der Waals surface area contributed by atoms with Gasteiger partial charge in [0.15, 0.2) is 0 Å². The number of rotatable bonds is 3. The minimum atomic E-state index is -3.54. The summed E-state index contributed by atoms with van der Waals surface area (Å²) in [6.45, 7) is 4.77. The molecule has 0 spiro atoms. The Hall–Kier alpha value is -2.03. The Balaban J connectivity index is 1.87. The molecule has 1 aromatic carbocycles. The summed E-state index contributed by atoms with van der Waals surface area (Å²) in [5.74, 6) is 0. The Kier molecular flexibility index (Phi) is 4.21. The highest BCUT2D eigenvalue weighted by atomic mass is 32.2. The fraction of sp³-hybridized carbons (Fsp3) is 0.333. The van der Waals surface area contributed by atoms with E-state index >= 15 is 0 Å². The second-order valence-electron chi connectivity index (χ2n) is 6.56. The number of fused-ring (bicyclic) bond motifs is 1. The van der Waals surface area contributed by atoms with Gasteiger partial charge in [-0.2, -0.15) is 4.31 Å². The molecule has 136 valence electrons. The zero-order valence-corrected chi connectivity index (χ0v) is 16.2. The van der Waals surface area contributed by atoms with E-state index in [0.29, 0.717) is 34.6 Å². The van der Waals surface area contributed by atoms with E-state index in [-0.39, 0.29) is 10.5 Å². The first-order chi connectivity index (χ1) is 12.4. The number of aromatic nitrogens is 2. The summed E-state index contributed by atoms with van der Waals surface area (Å²) in [4.78, 5) is 18.0. The van der Waals surface area contributed by atoms with Gasteiger partial charge in [0.05, 0.1) is 16.0 Å². The molecule has 1 saturated heterocycles. The standard InChI is InChI=1S/C18H19N3O3S2/c1-12-5-7-14(11-16(12)26(23,24)20-9-3-4-10-20)21-18(22)15-8-6-13(2)19-17(15)25-21/h5-8,11H,3-4,9-10H2,1-2H3.